The van der Waals surface area contributed by atoms with Gasteiger partial charge in [-0.25, -0.2) is 0 Å². The average Bonchev–Trinajstić information content (AvgIpc) is 2.78. The molecule has 0 radical (unpaired) electrons. The molecule has 18 heavy (non-hydrogen) atoms. The second-order valence-corrected chi connectivity index (χ2v) is 5.46. The summed E-state index contributed by atoms with van der Waals surface area (Å²) in [7, 11) is 1.91. The molecule has 1 aliphatic rings. The quantitative estimate of drug-likeness (QED) is 0.886. The highest BCUT2D eigenvalue weighted by Crippen LogP contribution is 2.32. The lowest BCUT2D eigenvalue weighted by Crippen LogP contribution is -2.33. The van der Waals surface area contributed by atoms with E-state index in [1.165, 1.54) is 0 Å². The van der Waals surface area contributed by atoms with Crippen LogP contribution in [0.3, 0.4) is 0 Å². The molecule has 0 aromatic heterocycles. The molecule has 1 N–H and O–H groups in total. The lowest BCUT2D eigenvalue weighted by atomic mass is 9.99. The summed E-state index contributed by atoms with van der Waals surface area (Å²) in [6, 6.07) is 8.09. The predicted octanol–water partition coefficient (Wildman–Crippen LogP) is 2.70. The van der Waals surface area contributed by atoms with Gasteiger partial charge in [-0.05, 0) is 24.0 Å². The number of para-hydroxylation sites is 1. The maximum absolute atomic E-state index is 12.4. The Bertz CT molecular complexity index is 428. The fraction of sp³-hybridized carbons (Fsp3) is 0.533. The molecule has 3 nitrogen and oxygen atoms in total. The number of hydrogen-bond acceptors (Lipinski definition) is 2. The van der Waals surface area contributed by atoms with Gasteiger partial charge in [0, 0.05) is 25.8 Å². The molecule has 0 bridgehead atoms. The van der Waals surface area contributed by atoms with Gasteiger partial charge in [0.25, 0.3) is 0 Å². The van der Waals surface area contributed by atoms with Crippen molar-refractivity contribution in [3.05, 3.63) is 29.8 Å². The standard InChI is InChI=1S/C15H22N2O/c1-11(2)8-9-17(3)15(18)13-10-16-14-7-5-4-6-12(13)14/h4-7,11,13,16H,8-10H2,1-3H3. The summed E-state index contributed by atoms with van der Waals surface area (Å²) >= 11 is 0. The minimum Gasteiger partial charge on any atom is -0.384 e. The Morgan fingerprint density at radius 3 is 2.89 bits per heavy atom. The van der Waals surface area contributed by atoms with Crippen LogP contribution in [-0.4, -0.2) is 30.9 Å². The van der Waals surface area contributed by atoms with Crippen molar-refractivity contribution in [1.82, 2.24) is 4.90 Å². The Kier molecular flexibility index (Phi) is 3.90. The zero-order valence-electron chi connectivity index (χ0n) is 11.4. The summed E-state index contributed by atoms with van der Waals surface area (Å²) in [5.41, 5.74) is 2.24. The van der Waals surface area contributed by atoms with Crippen LogP contribution < -0.4 is 5.32 Å². The Morgan fingerprint density at radius 1 is 1.44 bits per heavy atom. The van der Waals surface area contributed by atoms with E-state index in [1.807, 2.05) is 36.2 Å². The lowest BCUT2D eigenvalue weighted by molar-refractivity contribution is -0.131. The maximum Gasteiger partial charge on any atom is 0.231 e. The molecule has 2 rings (SSSR count). The fourth-order valence-electron chi connectivity index (χ4n) is 2.33. The highest BCUT2D eigenvalue weighted by Gasteiger charge is 2.29. The largest absolute Gasteiger partial charge is 0.384 e. The third-order valence-corrected chi connectivity index (χ3v) is 3.55. The smallest absolute Gasteiger partial charge is 0.231 e. The van der Waals surface area contributed by atoms with Crippen molar-refractivity contribution in [2.24, 2.45) is 5.92 Å². The Labute approximate surface area is 109 Å². The minimum absolute atomic E-state index is 0.0154. The van der Waals surface area contributed by atoms with E-state index >= 15 is 0 Å². The van der Waals surface area contributed by atoms with Gasteiger partial charge in [0.1, 0.15) is 0 Å². The highest BCUT2D eigenvalue weighted by atomic mass is 16.2. The molecule has 0 saturated heterocycles. The van der Waals surface area contributed by atoms with Crippen LogP contribution in [0.1, 0.15) is 31.7 Å². The number of nitrogens with one attached hydrogen (secondary N) is 1. The van der Waals surface area contributed by atoms with Crippen LogP contribution in [0.2, 0.25) is 0 Å². The van der Waals surface area contributed by atoms with Gasteiger partial charge in [0.2, 0.25) is 5.91 Å². The zero-order valence-corrected chi connectivity index (χ0v) is 11.4. The maximum atomic E-state index is 12.4. The number of fused-ring (bicyclic) bond motifs is 1. The van der Waals surface area contributed by atoms with Gasteiger partial charge in [-0.1, -0.05) is 32.0 Å². The third-order valence-electron chi connectivity index (χ3n) is 3.55. The van der Waals surface area contributed by atoms with Crippen molar-refractivity contribution in [3.8, 4) is 0 Å². The number of rotatable bonds is 4. The Morgan fingerprint density at radius 2 is 2.17 bits per heavy atom. The van der Waals surface area contributed by atoms with E-state index in [2.05, 4.69) is 19.2 Å². The molecular weight excluding hydrogens is 224 g/mol. The summed E-state index contributed by atoms with van der Waals surface area (Å²) < 4.78 is 0. The molecule has 0 spiro atoms. The van der Waals surface area contributed by atoms with Crippen molar-refractivity contribution >= 4 is 11.6 Å². The van der Waals surface area contributed by atoms with Crippen LogP contribution in [-0.2, 0) is 4.79 Å². The van der Waals surface area contributed by atoms with Gasteiger partial charge >= 0.3 is 0 Å². The summed E-state index contributed by atoms with van der Waals surface area (Å²) in [4.78, 5) is 14.3. The molecule has 0 fully saturated rings. The molecule has 0 aliphatic carbocycles. The van der Waals surface area contributed by atoms with E-state index in [0.29, 0.717) is 5.92 Å². The van der Waals surface area contributed by atoms with Gasteiger partial charge in [-0.2, -0.15) is 0 Å². The summed E-state index contributed by atoms with van der Waals surface area (Å²) in [6.45, 7) is 5.94. The summed E-state index contributed by atoms with van der Waals surface area (Å²) in [5.74, 6) is 0.848. The molecule has 1 unspecified atom stereocenters. The molecule has 1 aromatic rings. The van der Waals surface area contributed by atoms with Gasteiger partial charge in [-0.15, -0.1) is 0 Å². The van der Waals surface area contributed by atoms with E-state index < -0.39 is 0 Å². The molecule has 1 aliphatic heterocycles. The van der Waals surface area contributed by atoms with Crippen LogP contribution in [0.25, 0.3) is 0 Å². The Balaban J connectivity index is 2.02. The van der Waals surface area contributed by atoms with Gasteiger partial charge in [0.15, 0.2) is 0 Å². The van der Waals surface area contributed by atoms with Crippen molar-refractivity contribution in [2.45, 2.75) is 26.2 Å². The number of hydrogen-bond donors (Lipinski definition) is 1. The predicted molar refractivity (Wildman–Crippen MR) is 74.8 cm³/mol. The van der Waals surface area contributed by atoms with Crippen LogP contribution in [0.4, 0.5) is 5.69 Å². The van der Waals surface area contributed by atoms with E-state index in [4.69, 9.17) is 0 Å². The fourth-order valence-corrected chi connectivity index (χ4v) is 2.33. The topological polar surface area (TPSA) is 32.3 Å². The normalized spacial score (nSPS) is 17.4. The van der Waals surface area contributed by atoms with Crippen molar-refractivity contribution < 1.29 is 4.79 Å². The number of carbonyl (C=O) groups excluding carboxylic acids is 1. The van der Waals surface area contributed by atoms with E-state index in [-0.39, 0.29) is 11.8 Å². The second-order valence-electron chi connectivity index (χ2n) is 5.46. The molecule has 1 aromatic carbocycles. The molecule has 1 atom stereocenters. The van der Waals surface area contributed by atoms with E-state index in [0.717, 1.165) is 30.8 Å². The van der Waals surface area contributed by atoms with Crippen LogP contribution >= 0.6 is 0 Å². The molecule has 1 amide bonds. The number of benzene rings is 1. The van der Waals surface area contributed by atoms with Gasteiger partial charge < -0.3 is 10.2 Å². The molecule has 98 valence electrons. The van der Waals surface area contributed by atoms with Crippen molar-refractivity contribution in [3.63, 3.8) is 0 Å². The minimum atomic E-state index is -0.0154. The van der Waals surface area contributed by atoms with E-state index in [1.54, 1.807) is 0 Å². The Hall–Kier alpha value is -1.51. The number of amides is 1. The van der Waals surface area contributed by atoms with Gasteiger partial charge in [0.05, 0.1) is 5.92 Å². The first-order valence-electron chi connectivity index (χ1n) is 6.67. The van der Waals surface area contributed by atoms with Crippen molar-refractivity contribution in [1.29, 1.82) is 0 Å². The summed E-state index contributed by atoms with van der Waals surface area (Å²) in [6.07, 6.45) is 1.06. The SMILES string of the molecule is CC(C)CCN(C)C(=O)C1CNc2ccccc21. The van der Waals surface area contributed by atoms with E-state index in [9.17, 15) is 4.79 Å². The summed E-state index contributed by atoms with van der Waals surface area (Å²) in [5, 5.41) is 3.30. The number of nitrogens with zero attached hydrogens (tertiary/aromatic N) is 1. The van der Waals surface area contributed by atoms with Crippen LogP contribution in [0, 0.1) is 5.92 Å². The number of carbonyl (C=O) groups is 1. The molecule has 1 heterocycles. The molecule has 3 heteroatoms. The average molecular weight is 246 g/mol. The zero-order chi connectivity index (χ0) is 13.1. The lowest BCUT2D eigenvalue weighted by Gasteiger charge is -2.22. The molecule has 0 saturated carbocycles. The monoisotopic (exact) mass is 246 g/mol. The number of anilines is 1. The molecular formula is C15H22N2O. The first kappa shape index (κ1) is 12.9. The first-order chi connectivity index (χ1) is 8.59. The van der Waals surface area contributed by atoms with Gasteiger partial charge in [-0.3, -0.25) is 4.79 Å². The second kappa shape index (κ2) is 5.42. The number of likely N-dealkylation sites (N-methyl/N-ethyl adjacent to an activating group) is 1. The van der Waals surface area contributed by atoms with Crippen LogP contribution in [0.5, 0.6) is 0 Å². The highest BCUT2D eigenvalue weighted by molar-refractivity contribution is 5.88. The van der Waals surface area contributed by atoms with Crippen LogP contribution in [0.15, 0.2) is 24.3 Å². The first-order valence-corrected chi connectivity index (χ1v) is 6.67. The van der Waals surface area contributed by atoms with Crippen molar-refractivity contribution in [2.75, 3.05) is 25.5 Å². The third kappa shape index (κ3) is 2.66.